The number of ether oxygens (including phenoxy) is 1. The average Bonchev–Trinajstić information content (AvgIpc) is 2.67. The number of anilines is 1. The second-order valence-corrected chi connectivity index (χ2v) is 6.95. The molecular formula is C21H25N3O3. The number of aryl methyl sites for hydroxylation is 2. The van der Waals surface area contributed by atoms with Crippen molar-refractivity contribution in [1.82, 2.24) is 10.2 Å². The van der Waals surface area contributed by atoms with Gasteiger partial charge in [0.1, 0.15) is 11.9 Å². The van der Waals surface area contributed by atoms with Crippen molar-refractivity contribution in [3.63, 3.8) is 0 Å². The topological polar surface area (TPSA) is 70.7 Å². The maximum atomic E-state index is 12.2. The molecule has 142 valence electrons. The van der Waals surface area contributed by atoms with E-state index in [1.54, 1.807) is 32.3 Å². The van der Waals surface area contributed by atoms with Crippen LogP contribution in [0.3, 0.4) is 0 Å². The Morgan fingerprint density at radius 1 is 1.19 bits per heavy atom. The summed E-state index contributed by atoms with van der Waals surface area (Å²) in [7, 11) is 3.42. The second kappa shape index (κ2) is 8.12. The van der Waals surface area contributed by atoms with Crippen molar-refractivity contribution in [3.05, 3.63) is 59.2 Å². The molecule has 1 atom stereocenters. The van der Waals surface area contributed by atoms with E-state index in [1.807, 2.05) is 25.1 Å². The predicted molar refractivity (Wildman–Crippen MR) is 105 cm³/mol. The smallest absolute Gasteiger partial charge is 0.319 e. The van der Waals surface area contributed by atoms with Crippen LogP contribution in [0, 0.1) is 6.92 Å². The number of urea groups is 1. The third kappa shape index (κ3) is 4.58. The quantitative estimate of drug-likeness (QED) is 0.872. The van der Waals surface area contributed by atoms with E-state index in [0.717, 1.165) is 24.2 Å². The molecule has 1 heterocycles. The number of carbonyl (C=O) groups is 2. The molecule has 6 heteroatoms. The van der Waals surface area contributed by atoms with Crippen LogP contribution in [0.4, 0.5) is 10.5 Å². The Morgan fingerprint density at radius 2 is 1.96 bits per heavy atom. The van der Waals surface area contributed by atoms with E-state index in [1.165, 1.54) is 10.5 Å². The zero-order valence-electron chi connectivity index (χ0n) is 15.9. The van der Waals surface area contributed by atoms with E-state index in [0.29, 0.717) is 17.8 Å². The third-order valence-corrected chi connectivity index (χ3v) is 4.62. The Hall–Kier alpha value is -3.02. The van der Waals surface area contributed by atoms with E-state index in [-0.39, 0.29) is 18.0 Å². The lowest BCUT2D eigenvalue weighted by molar-refractivity contribution is 0.0827. The maximum Gasteiger partial charge on any atom is 0.319 e. The number of benzene rings is 2. The molecule has 6 nitrogen and oxygen atoms in total. The molecule has 2 aromatic carbocycles. The molecule has 27 heavy (non-hydrogen) atoms. The highest BCUT2D eigenvalue weighted by Gasteiger charge is 2.20. The molecule has 0 bridgehead atoms. The molecule has 3 rings (SSSR count). The number of rotatable bonds is 4. The zero-order chi connectivity index (χ0) is 19.4. The summed E-state index contributed by atoms with van der Waals surface area (Å²) in [6.07, 6.45) is 1.79. The molecule has 2 aromatic rings. The molecule has 0 radical (unpaired) electrons. The Bertz CT molecular complexity index is 848. The van der Waals surface area contributed by atoms with Gasteiger partial charge in [-0.05, 0) is 55.2 Å². The van der Waals surface area contributed by atoms with Gasteiger partial charge >= 0.3 is 6.03 Å². The van der Waals surface area contributed by atoms with Gasteiger partial charge in [-0.15, -0.1) is 0 Å². The fourth-order valence-corrected chi connectivity index (χ4v) is 3.09. The number of para-hydroxylation sites is 1. The van der Waals surface area contributed by atoms with Crippen molar-refractivity contribution in [1.29, 1.82) is 0 Å². The van der Waals surface area contributed by atoms with Crippen LogP contribution in [0.2, 0.25) is 0 Å². The summed E-state index contributed by atoms with van der Waals surface area (Å²) in [6, 6.07) is 12.9. The van der Waals surface area contributed by atoms with Crippen LogP contribution in [0.15, 0.2) is 42.5 Å². The van der Waals surface area contributed by atoms with Gasteiger partial charge in [-0.25, -0.2) is 4.79 Å². The van der Waals surface area contributed by atoms with Crippen LogP contribution in [0.5, 0.6) is 5.75 Å². The first-order chi connectivity index (χ1) is 12.9. The van der Waals surface area contributed by atoms with E-state index >= 15 is 0 Å². The van der Waals surface area contributed by atoms with E-state index < -0.39 is 0 Å². The minimum absolute atomic E-state index is 0.0353. The van der Waals surface area contributed by atoms with Crippen molar-refractivity contribution in [2.75, 3.05) is 26.0 Å². The molecule has 2 N–H and O–H groups in total. The van der Waals surface area contributed by atoms with Gasteiger partial charge in [0.15, 0.2) is 0 Å². The van der Waals surface area contributed by atoms with Crippen molar-refractivity contribution in [2.24, 2.45) is 0 Å². The van der Waals surface area contributed by atoms with Crippen LogP contribution in [-0.4, -0.2) is 43.6 Å². The highest BCUT2D eigenvalue weighted by atomic mass is 16.5. The highest BCUT2D eigenvalue weighted by Crippen LogP contribution is 2.26. The Kier molecular flexibility index (Phi) is 5.64. The fourth-order valence-electron chi connectivity index (χ4n) is 3.09. The highest BCUT2D eigenvalue weighted by molar-refractivity contribution is 5.96. The summed E-state index contributed by atoms with van der Waals surface area (Å²) >= 11 is 0. The van der Waals surface area contributed by atoms with Gasteiger partial charge < -0.3 is 20.3 Å². The summed E-state index contributed by atoms with van der Waals surface area (Å²) in [5.41, 5.74) is 3.32. The van der Waals surface area contributed by atoms with E-state index in [9.17, 15) is 9.59 Å². The normalized spacial score (nSPS) is 15.3. The lowest BCUT2D eigenvalue weighted by Gasteiger charge is -2.26. The Labute approximate surface area is 159 Å². The largest absolute Gasteiger partial charge is 0.488 e. The van der Waals surface area contributed by atoms with Crippen molar-refractivity contribution in [2.45, 2.75) is 25.9 Å². The van der Waals surface area contributed by atoms with Gasteiger partial charge in [0.25, 0.3) is 5.91 Å². The van der Waals surface area contributed by atoms with Gasteiger partial charge in [0.05, 0.1) is 6.54 Å². The number of nitrogens with one attached hydrogen (secondary N) is 2. The number of nitrogens with zero attached hydrogens (tertiary/aromatic N) is 1. The number of amides is 3. The standard InChI is InChI=1S/C21H25N3O3/c1-14-12-16(20(25)24(2)3)9-11-18(14)23-21(26)22-13-17-10-8-15-6-4-5-7-19(15)27-17/h4-7,9,11-12,17H,8,10,13H2,1-3H3,(H2,22,23,26). The minimum atomic E-state index is -0.285. The SMILES string of the molecule is Cc1cc(C(=O)N(C)C)ccc1NC(=O)NCC1CCc2ccccc2O1. The third-order valence-electron chi connectivity index (χ3n) is 4.62. The second-order valence-electron chi connectivity index (χ2n) is 6.95. The van der Waals surface area contributed by atoms with Crippen LogP contribution in [0.1, 0.15) is 27.9 Å². The summed E-state index contributed by atoms with van der Waals surface area (Å²) in [5, 5.41) is 5.70. The molecule has 1 aliphatic rings. The zero-order valence-corrected chi connectivity index (χ0v) is 15.9. The molecule has 0 aliphatic carbocycles. The van der Waals surface area contributed by atoms with Crippen molar-refractivity contribution < 1.29 is 14.3 Å². The lowest BCUT2D eigenvalue weighted by atomic mass is 10.0. The van der Waals surface area contributed by atoms with Crippen LogP contribution in [-0.2, 0) is 6.42 Å². The van der Waals surface area contributed by atoms with Crippen LogP contribution < -0.4 is 15.4 Å². The van der Waals surface area contributed by atoms with Crippen LogP contribution >= 0.6 is 0 Å². The predicted octanol–water partition coefficient (Wildman–Crippen LogP) is 3.21. The molecule has 1 aliphatic heterocycles. The molecule has 0 saturated carbocycles. The molecule has 0 saturated heterocycles. The van der Waals surface area contributed by atoms with Crippen molar-refractivity contribution in [3.8, 4) is 5.75 Å². The van der Waals surface area contributed by atoms with Gasteiger partial charge in [-0.3, -0.25) is 4.79 Å². The van der Waals surface area contributed by atoms with Gasteiger partial charge in [0, 0.05) is 25.3 Å². The van der Waals surface area contributed by atoms with Gasteiger partial charge in [-0.1, -0.05) is 18.2 Å². The number of hydrogen-bond donors (Lipinski definition) is 2. The van der Waals surface area contributed by atoms with Crippen molar-refractivity contribution >= 4 is 17.6 Å². The minimum Gasteiger partial charge on any atom is -0.488 e. The van der Waals surface area contributed by atoms with Crippen LogP contribution in [0.25, 0.3) is 0 Å². The van der Waals surface area contributed by atoms with E-state index in [4.69, 9.17) is 4.74 Å². The Morgan fingerprint density at radius 3 is 2.70 bits per heavy atom. The summed E-state index contributed by atoms with van der Waals surface area (Å²) in [5.74, 6) is 0.830. The summed E-state index contributed by atoms with van der Waals surface area (Å²) in [6.45, 7) is 2.31. The molecule has 0 aromatic heterocycles. The summed E-state index contributed by atoms with van der Waals surface area (Å²) < 4.78 is 5.94. The monoisotopic (exact) mass is 367 g/mol. The molecule has 0 spiro atoms. The average molecular weight is 367 g/mol. The van der Waals surface area contributed by atoms with Gasteiger partial charge in [0.2, 0.25) is 0 Å². The maximum absolute atomic E-state index is 12.2. The molecular weight excluding hydrogens is 342 g/mol. The first kappa shape index (κ1) is 18.8. The fraction of sp³-hybridized carbons (Fsp3) is 0.333. The molecule has 0 fully saturated rings. The van der Waals surface area contributed by atoms with Gasteiger partial charge in [-0.2, -0.15) is 0 Å². The lowest BCUT2D eigenvalue weighted by Crippen LogP contribution is -2.39. The molecule has 1 unspecified atom stereocenters. The summed E-state index contributed by atoms with van der Waals surface area (Å²) in [4.78, 5) is 25.8. The number of carbonyl (C=O) groups excluding carboxylic acids is 2. The first-order valence-electron chi connectivity index (χ1n) is 9.06. The number of hydrogen-bond acceptors (Lipinski definition) is 3. The van der Waals surface area contributed by atoms with E-state index in [2.05, 4.69) is 16.7 Å². The Balaban J connectivity index is 1.53. The molecule has 3 amide bonds. The first-order valence-corrected chi connectivity index (χ1v) is 9.06. The number of fused-ring (bicyclic) bond motifs is 1.